The summed E-state index contributed by atoms with van der Waals surface area (Å²) in [7, 11) is 1.75. The maximum absolute atomic E-state index is 12.5. The molecule has 2 aromatic rings. The predicted octanol–water partition coefficient (Wildman–Crippen LogP) is 1.43. The van der Waals surface area contributed by atoms with Crippen LogP contribution in [0.1, 0.15) is 17.5 Å². The number of likely N-dealkylation sites (N-methyl/N-ethyl adjacent to an activating group) is 1. The van der Waals surface area contributed by atoms with Gasteiger partial charge in [-0.25, -0.2) is 9.97 Å². The van der Waals surface area contributed by atoms with Crippen molar-refractivity contribution in [1.29, 1.82) is 0 Å². The van der Waals surface area contributed by atoms with E-state index in [-0.39, 0.29) is 5.91 Å². The van der Waals surface area contributed by atoms with Crippen LogP contribution in [0.3, 0.4) is 0 Å². The Hall–Kier alpha value is -2.47. The first-order valence-electron chi connectivity index (χ1n) is 8.50. The fourth-order valence-electron chi connectivity index (χ4n) is 3.25. The molecule has 132 valence electrons. The monoisotopic (exact) mass is 340 g/mol. The second-order valence-corrected chi connectivity index (χ2v) is 6.80. The average Bonchev–Trinajstić information content (AvgIpc) is 2.99. The van der Waals surface area contributed by atoms with E-state index in [0.717, 1.165) is 11.1 Å². The first-order chi connectivity index (χ1) is 12.0. The highest BCUT2D eigenvalue weighted by Gasteiger charge is 2.38. The molecular formula is C19H24N4O2. The van der Waals surface area contributed by atoms with E-state index < -0.39 is 5.60 Å². The number of carbonyl (C=O) groups is 1. The zero-order valence-corrected chi connectivity index (χ0v) is 14.7. The summed E-state index contributed by atoms with van der Waals surface area (Å²) in [5, 5.41) is 10.9. The predicted molar refractivity (Wildman–Crippen MR) is 96.3 cm³/mol. The van der Waals surface area contributed by atoms with Crippen LogP contribution in [-0.2, 0) is 11.2 Å². The average molecular weight is 340 g/mol. The second-order valence-electron chi connectivity index (χ2n) is 6.80. The van der Waals surface area contributed by atoms with Crippen molar-refractivity contribution in [3.8, 4) is 0 Å². The van der Waals surface area contributed by atoms with E-state index in [9.17, 15) is 9.90 Å². The Morgan fingerprint density at radius 2 is 2.00 bits per heavy atom. The van der Waals surface area contributed by atoms with Gasteiger partial charge in [-0.15, -0.1) is 0 Å². The summed E-state index contributed by atoms with van der Waals surface area (Å²) in [6.45, 7) is 3.42. The number of hydrogen-bond donors (Lipinski definition) is 1. The van der Waals surface area contributed by atoms with Crippen molar-refractivity contribution in [2.75, 3.05) is 31.6 Å². The van der Waals surface area contributed by atoms with Crippen molar-refractivity contribution in [1.82, 2.24) is 14.9 Å². The molecule has 1 N–H and O–H groups in total. The number of carbonyl (C=O) groups excluding carboxylic acids is 1. The maximum atomic E-state index is 12.5. The summed E-state index contributed by atoms with van der Waals surface area (Å²) >= 11 is 0. The van der Waals surface area contributed by atoms with Gasteiger partial charge in [0.1, 0.15) is 5.60 Å². The zero-order valence-electron chi connectivity index (χ0n) is 14.7. The molecule has 0 saturated carbocycles. The van der Waals surface area contributed by atoms with Gasteiger partial charge in [0.05, 0.1) is 19.5 Å². The lowest BCUT2D eigenvalue weighted by atomic mass is 10.0. The van der Waals surface area contributed by atoms with Crippen LogP contribution < -0.4 is 4.90 Å². The molecule has 0 unspecified atom stereocenters. The van der Waals surface area contributed by atoms with Gasteiger partial charge in [-0.3, -0.25) is 4.79 Å². The smallest absolute Gasteiger partial charge is 0.226 e. The van der Waals surface area contributed by atoms with Crippen LogP contribution >= 0.6 is 0 Å². The topological polar surface area (TPSA) is 69.6 Å². The molecule has 1 atom stereocenters. The van der Waals surface area contributed by atoms with Crippen LogP contribution in [0.15, 0.2) is 42.7 Å². The Balaban J connectivity index is 1.59. The summed E-state index contributed by atoms with van der Waals surface area (Å²) in [5.74, 6) is 0.629. The number of amides is 1. The molecule has 6 heteroatoms. The summed E-state index contributed by atoms with van der Waals surface area (Å²) in [6.07, 6.45) is 4.33. The second kappa shape index (κ2) is 7.19. The van der Waals surface area contributed by atoms with E-state index in [1.165, 1.54) is 0 Å². The molecule has 3 rings (SSSR count). The fourth-order valence-corrected chi connectivity index (χ4v) is 3.25. The number of aromatic nitrogens is 2. The van der Waals surface area contributed by atoms with E-state index in [4.69, 9.17) is 0 Å². The van der Waals surface area contributed by atoms with Gasteiger partial charge < -0.3 is 14.9 Å². The van der Waals surface area contributed by atoms with Crippen LogP contribution in [0, 0.1) is 6.92 Å². The van der Waals surface area contributed by atoms with E-state index >= 15 is 0 Å². The molecule has 1 aromatic heterocycles. The maximum Gasteiger partial charge on any atom is 0.226 e. The fraction of sp³-hybridized carbons (Fsp3) is 0.421. The lowest BCUT2D eigenvalue weighted by Gasteiger charge is -2.29. The lowest BCUT2D eigenvalue weighted by Crippen LogP contribution is -2.46. The highest BCUT2D eigenvalue weighted by atomic mass is 16.3. The third-order valence-corrected chi connectivity index (χ3v) is 4.73. The van der Waals surface area contributed by atoms with Gasteiger partial charge in [0.2, 0.25) is 11.9 Å². The van der Waals surface area contributed by atoms with Gasteiger partial charge in [0.15, 0.2) is 0 Å². The van der Waals surface area contributed by atoms with Crippen molar-refractivity contribution in [3.63, 3.8) is 0 Å². The molecule has 2 heterocycles. The van der Waals surface area contributed by atoms with Gasteiger partial charge in [0, 0.05) is 26.0 Å². The molecule has 25 heavy (non-hydrogen) atoms. The molecule has 1 aliphatic rings. The zero-order chi connectivity index (χ0) is 17.9. The number of rotatable bonds is 5. The number of aryl methyl sites for hydroxylation is 1. The number of hydrogen-bond acceptors (Lipinski definition) is 5. The van der Waals surface area contributed by atoms with E-state index in [1.54, 1.807) is 30.4 Å². The van der Waals surface area contributed by atoms with Crippen LogP contribution in [0.4, 0.5) is 5.95 Å². The molecule has 1 saturated heterocycles. The third-order valence-electron chi connectivity index (χ3n) is 4.73. The molecule has 0 spiro atoms. The Morgan fingerprint density at radius 1 is 1.28 bits per heavy atom. The molecule has 1 aliphatic heterocycles. The summed E-state index contributed by atoms with van der Waals surface area (Å²) in [6, 6.07) is 9.65. The molecule has 0 radical (unpaired) electrons. The molecule has 0 aliphatic carbocycles. The Bertz CT molecular complexity index is 737. The largest absolute Gasteiger partial charge is 0.386 e. The molecule has 6 nitrogen and oxygen atoms in total. The minimum atomic E-state index is -0.935. The summed E-state index contributed by atoms with van der Waals surface area (Å²) in [5.41, 5.74) is 1.20. The van der Waals surface area contributed by atoms with Crippen LogP contribution in [-0.4, -0.2) is 58.2 Å². The molecular weight excluding hydrogens is 316 g/mol. The van der Waals surface area contributed by atoms with Crippen molar-refractivity contribution in [2.24, 2.45) is 0 Å². The van der Waals surface area contributed by atoms with E-state index in [0.29, 0.717) is 38.4 Å². The molecule has 0 bridgehead atoms. The molecule has 1 aromatic carbocycles. The highest BCUT2D eigenvalue weighted by Crippen LogP contribution is 2.25. The number of anilines is 1. The molecule has 1 fully saturated rings. The summed E-state index contributed by atoms with van der Waals surface area (Å²) < 4.78 is 0. The number of benzene rings is 1. The first kappa shape index (κ1) is 17.4. The van der Waals surface area contributed by atoms with Gasteiger partial charge in [-0.05, 0) is 30.5 Å². The van der Waals surface area contributed by atoms with E-state index in [1.807, 2.05) is 36.1 Å². The lowest BCUT2D eigenvalue weighted by molar-refractivity contribution is -0.132. The van der Waals surface area contributed by atoms with Crippen LogP contribution in [0.25, 0.3) is 0 Å². The third kappa shape index (κ3) is 4.14. The summed E-state index contributed by atoms with van der Waals surface area (Å²) in [4.78, 5) is 24.6. The Kier molecular flexibility index (Phi) is 4.99. The molecule has 1 amide bonds. The quantitative estimate of drug-likeness (QED) is 0.892. The van der Waals surface area contributed by atoms with E-state index in [2.05, 4.69) is 9.97 Å². The Labute approximate surface area is 148 Å². The standard InChI is InChI=1S/C19H24N4O2/c1-15-6-3-4-7-16(15)12-17(24)22(2)13-19(25)8-11-23(14-19)18-20-9-5-10-21-18/h3-7,9-10,25H,8,11-14H2,1-2H3/t19-/m1/s1. The van der Waals surface area contributed by atoms with Gasteiger partial charge in [-0.2, -0.15) is 0 Å². The van der Waals surface area contributed by atoms with Gasteiger partial charge >= 0.3 is 0 Å². The Morgan fingerprint density at radius 3 is 2.72 bits per heavy atom. The van der Waals surface area contributed by atoms with Crippen molar-refractivity contribution < 1.29 is 9.90 Å². The number of β-amino-alcohol motifs (C(OH)–C–C–N with tert-alkyl or cyclic N) is 1. The van der Waals surface area contributed by atoms with Gasteiger partial charge in [0.25, 0.3) is 0 Å². The van der Waals surface area contributed by atoms with Gasteiger partial charge in [-0.1, -0.05) is 24.3 Å². The van der Waals surface area contributed by atoms with Crippen molar-refractivity contribution in [2.45, 2.75) is 25.4 Å². The normalized spacial score (nSPS) is 19.9. The minimum absolute atomic E-state index is 0.0112. The first-order valence-corrected chi connectivity index (χ1v) is 8.50. The van der Waals surface area contributed by atoms with Crippen molar-refractivity contribution >= 4 is 11.9 Å². The van der Waals surface area contributed by atoms with Crippen LogP contribution in [0.5, 0.6) is 0 Å². The van der Waals surface area contributed by atoms with Crippen LogP contribution in [0.2, 0.25) is 0 Å². The SMILES string of the molecule is Cc1ccccc1CC(=O)N(C)C[C@]1(O)CCN(c2ncccn2)C1. The number of nitrogens with zero attached hydrogens (tertiary/aromatic N) is 4. The minimum Gasteiger partial charge on any atom is -0.386 e. The number of aliphatic hydroxyl groups is 1. The van der Waals surface area contributed by atoms with Crippen molar-refractivity contribution in [3.05, 3.63) is 53.9 Å². The highest BCUT2D eigenvalue weighted by molar-refractivity contribution is 5.79.